The van der Waals surface area contributed by atoms with Gasteiger partial charge in [0.25, 0.3) is 11.8 Å². The van der Waals surface area contributed by atoms with Gasteiger partial charge >= 0.3 is 0 Å². The van der Waals surface area contributed by atoms with Crippen LogP contribution in [-0.4, -0.2) is 75.8 Å². The van der Waals surface area contributed by atoms with Gasteiger partial charge < -0.3 is 15.3 Å². The van der Waals surface area contributed by atoms with Gasteiger partial charge in [0.05, 0.1) is 30.0 Å². The Morgan fingerprint density at radius 2 is 2.00 bits per heavy atom. The molecule has 2 aromatic heterocycles. The third-order valence-electron chi connectivity index (χ3n) is 8.36. The highest BCUT2D eigenvalue weighted by Gasteiger charge is 2.38. The van der Waals surface area contributed by atoms with Crippen molar-refractivity contribution in [3.63, 3.8) is 0 Å². The number of carbonyl (C=O) groups excluding carboxylic acids is 1. The van der Waals surface area contributed by atoms with E-state index in [1.807, 2.05) is 18.2 Å². The maximum Gasteiger partial charge on any atom is 0.276 e. The molecule has 10 heteroatoms. The molecule has 0 saturated carbocycles. The Hall–Kier alpha value is -3.89. The molecule has 0 atom stereocenters. The van der Waals surface area contributed by atoms with E-state index in [4.69, 9.17) is 0 Å². The molecule has 8 nitrogen and oxygen atoms in total. The number of hydrogen-bond donors (Lipinski definition) is 3. The normalized spacial score (nSPS) is 19.8. The van der Waals surface area contributed by atoms with E-state index in [9.17, 15) is 18.7 Å². The van der Waals surface area contributed by atoms with Crippen molar-refractivity contribution in [3.8, 4) is 0 Å². The molecule has 1 amide bonds. The van der Waals surface area contributed by atoms with E-state index in [1.54, 1.807) is 17.0 Å². The number of aromatic amines is 1. The number of H-pyrrole nitrogens is 1. The number of benzene rings is 1. The second-order valence-corrected chi connectivity index (χ2v) is 11.5. The maximum absolute atomic E-state index is 13.6. The van der Waals surface area contributed by atoms with E-state index in [0.29, 0.717) is 16.9 Å². The molecular weight excluding hydrogens is 538 g/mol. The van der Waals surface area contributed by atoms with E-state index in [2.05, 4.69) is 50.5 Å². The largest absolute Gasteiger partial charge is 0.393 e. The molecule has 0 unspecified atom stereocenters. The molecule has 2 aliphatic heterocycles. The van der Waals surface area contributed by atoms with Gasteiger partial charge in [-0.1, -0.05) is 36.8 Å². The number of anilines is 2. The number of fused-ring (bicyclic) bond motifs is 1. The first kappa shape index (κ1) is 28.2. The number of allylic oxidation sites excluding steroid dienone is 4. The first-order valence-corrected chi connectivity index (χ1v) is 14.7. The molecule has 3 aliphatic rings. The number of aliphatic hydroxyl groups is 1. The van der Waals surface area contributed by atoms with Crippen molar-refractivity contribution in [1.82, 2.24) is 20.1 Å². The van der Waals surface area contributed by atoms with E-state index < -0.39 is 5.92 Å². The van der Waals surface area contributed by atoms with Crippen molar-refractivity contribution in [1.29, 1.82) is 0 Å². The number of nitrogens with one attached hydrogen (secondary N) is 2. The van der Waals surface area contributed by atoms with Gasteiger partial charge in [0.2, 0.25) is 0 Å². The van der Waals surface area contributed by atoms with Gasteiger partial charge in [0.1, 0.15) is 5.82 Å². The fourth-order valence-electron chi connectivity index (χ4n) is 5.84. The number of pyridine rings is 1. The lowest BCUT2D eigenvalue weighted by Gasteiger charge is -2.29. The van der Waals surface area contributed by atoms with Crippen LogP contribution in [0.5, 0.6) is 0 Å². The van der Waals surface area contributed by atoms with Crippen LogP contribution in [0.2, 0.25) is 0 Å². The van der Waals surface area contributed by atoms with Gasteiger partial charge in [-0.3, -0.25) is 14.8 Å². The lowest BCUT2D eigenvalue weighted by Crippen LogP contribution is -2.36. The van der Waals surface area contributed by atoms with Gasteiger partial charge in [-0.2, -0.15) is 5.10 Å². The zero-order chi connectivity index (χ0) is 29.3. The number of alkyl halides is 2. The predicted molar refractivity (Wildman–Crippen MR) is 161 cm³/mol. The van der Waals surface area contributed by atoms with Gasteiger partial charge in [-0.15, -0.1) is 0 Å². The molecule has 0 radical (unpaired) electrons. The van der Waals surface area contributed by atoms with Crippen LogP contribution in [-0.2, 0) is 0 Å². The summed E-state index contributed by atoms with van der Waals surface area (Å²) in [5.74, 6) is -2.62. The van der Waals surface area contributed by atoms with Crippen molar-refractivity contribution < 1.29 is 18.7 Å². The van der Waals surface area contributed by atoms with Gasteiger partial charge in [0.15, 0.2) is 5.69 Å². The van der Waals surface area contributed by atoms with E-state index >= 15 is 0 Å². The average molecular weight is 575 g/mol. The summed E-state index contributed by atoms with van der Waals surface area (Å²) < 4.78 is 27.2. The molecule has 6 rings (SSSR count). The monoisotopic (exact) mass is 574 g/mol. The second kappa shape index (κ2) is 11.8. The Morgan fingerprint density at radius 3 is 2.71 bits per heavy atom. The topological polar surface area (TPSA) is 97.4 Å². The van der Waals surface area contributed by atoms with Crippen LogP contribution in [0, 0.1) is 0 Å². The van der Waals surface area contributed by atoms with Crippen molar-refractivity contribution in [2.75, 3.05) is 42.9 Å². The summed E-state index contributed by atoms with van der Waals surface area (Å²) in [5.41, 5.74) is 6.16. The number of rotatable bonds is 7. The minimum absolute atomic E-state index is 0.186. The molecule has 3 aromatic rings. The second-order valence-electron chi connectivity index (χ2n) is 11.5. The summed E-state index contributed by atoms with van der Waals surface area (Å²) >= 11 is 0. The number of aliphatic hydroxyl groups excluding tert-OH is 1. The summed E-state index contributed by atoms with van der Waals surface area (Å²) in [6.07, 6.45) is 11.3. The van der Waals surface area contributed by atoms with Crippen molar-refractivity contribution in [2.45, 2.75) is 51.1 Å². The molecule has 0 bridgehead atoms. The Labute approximate surface area is 243 Å². The Kier molecular flexibility index (Phi) is 7.92. The quantitative estimate of drug-likeness (QED) is 0.342. The van der Waals surface area contributed by atoms with E-state index in [0.717, 1.165) is 62.0 Å². The van der Waals surface area contributed by atoms with Crippen molar-refractivity contribution in [3.05, 3.63) is 77.2 Å². The zero-order valence-electron chi connectivity index (χ0n) is 23.7. The van der Waals surface area contributed by atoms with Gasteiger partial charge in [-0.05, 0) is 66.7 Å². The van der Waals surface area contributed by atoms with E-state index in [1.165, 1.54) is 17.3 Å². The predicted octanol–water partition coefficient (Wildman–Crippen LogP) is 5.56. The first-order valence-electron chi connectivity index (χ1n) is 14.7. The highest BCUT2D eigenvalue weighted by atomic mass is 19.3. The van der Waals surface area contributed by atoms with Crippen LogP contribution >= 0.6 is 0 Å². The standard InChI is InChI=1S/C32H36F2N6O2/c1-2-21-3-4-22(19-39-12-9-26(41)10-13-39)16-24(15-21)23-5-7-28-27(17-23)30(38-37-28)31(42)36-25-6-8-29(35-18-25)40-14-11-32(33,34)20-40/h4-8,15-18,26,41H,2-3,9-14,19-20H2,1H3,(H,36,42)(H,37,38). The Bertz CT molecular complexity index is 1550. The summed E-state index contributed by atoms with van der Waals surface area (Å²) in [6.45, 7) is 4.69. The fraction of sp³-hybridized carbons (Fsp3) is 0.406. The third-order valence-corrected chi connectivity index (χ3v) is 8.36. The van der Waals surface area contributed by atoms with Crippen LogP contribution in [0.4, 0.5) is 20.3 Å². The lowest BCUT2D eigenvalue weighted by atomic mass is 9.99. The summed E-state index contributed by atoms with van der Waals surface area (Å²) in [6, 6.07) is 9.30. The Morgan fingerprint density at radius 1 is 1.17 bits per heavy atom. The van der Waals surface area contributed by atoms with Crippen LogP contribution < -0.4 is 10.2 Å². The molecule has 220 valence electrons. The van der Waals surface area contributed by atoms with Crippen LogP contribution in [0.15, 0.2) is 65.9 Å². The molecule has 42 heavy (non-hydrogen) atoms. The number of aromatic nitrogens is 3. The number of carbonyl (C=O) groups is 1. The minimum atomic E-state index is -2.70. The number of likely N-dealkylation sites (tertiary alicyclic amines) is 1. The van der Waals surface area contributed by atoms with Crippen molar-refractivity contribution in [2.24, 2.45) is 0 Å². The number of piperidine rings is 1. The van der Waals surface area contributed by atoms with Crippen LogP contribution in [0.3, 0.4) is 0 Å². The SMILES string of the molecule is CCC1=CC(c2ccc3[nH]nc(C(=O)Nc4ccc(N5CCC(F)(F)C5)nc4)c3c2)=CC(CN2CCC(O)CC2)=CC1. The highest BCUT2D eigenvalue weighted by molar-refractivity contribution is 6.11. The van der Waals surface area contributed by atoms with Crippen LogP contribution in [0.1, 0.15) is 55.1 Å². The summed E-state index contributed by atoms with van der Waals surface area (Å²) in [4.78, 5) is 21.5. The number of hydrogen-bond acceptors (Lipinski definition) is 6. The number of amides is 1. The smallest absolute Gasteiger partial charge is 0.276 e. The molecule has 2 fully saturated rings. The van der Waals surface area contributed by atoms with Crippen molar-refractivity contribution >= 4 is 33.9 Å². The Balaban J connectivity index is 1.21. The zero-order valence-corrected chi connectivity index (χ0v) is 23.7. The molecule has 0 spiro atoms. The molecular formula is C32H36F2N6O2. The van der Waals surface area contributed by atoms with E-state index in [-0.39, 0.29) is 37.2 Å². The maximum atomic E-state index is 13.6. The third kappa shape index (κ3) is 6.29. The van der Waals surface area contributed by atoms with Crippen LogP contribution in [0.25, 0.3) is 16.5 Å². The summed E-state index contributed by atoms with van der Waals surface area (Å²) in [5, 5.41) is 20.7. The molecule has 1 aliphatic carbocycles. The molecule has 3 N–H and O–H groups in total. The molecule has 1 aromatic carbocycles. The van der Waals surface area contributed by atoms with Gasteiger partial charge in [-0.25, -0.2) is 13.8 Å². The van der Waals surface area contributed by atoms with Gasteiger partial charge in [0, 0.05) is 38.0 Å². The molecule has 4 heterocycles. The number of nitrogens with zero attached hydrogens (tertiary/aromatic N) is 4. The highest BCUT2D eigenvalue weighted by Crippen LogP contribution is 2.31. The summed E-state index contributed by atoms with van der Waals surface area (Å²) in [7, 11) is 0. The first-order chi connectivity index (χ1) is 20.3. The fourth-order valence-corrected chi connectivity index (χ4v) is 5.84. The lowest BCUT2D eigenvalue weighted by molar-refractivity contribution is 0.0256. The molecule has 2 saturated heterocycles. The number of halogens is 2. The average Bonchev–Trinajstić information content (AvgIpc) is 3.51. The minimum Gasteiger partial charge on any atom is -0.393 e.